The molecule has 3 rings (SSSR count). The minimum Gasteiger partial charge on any atom is -0.497 e. The lowest BCUT2D eigenvalue weighted by molar-refractivity contribution is -0.148. The van der Waals surface area contributed by atoms with Crippen molar-refractivity contribution in [3.8, 4) is 17.2 Å². The summed E-state index contributed by atoms with van der Waals surface area (Å²) < 4.78 is 21.1. The van der Waals surface area contributed by atoms with Crippen LogP contribution in [-0.4, -0.2) is 45.9 Å². The van der Waals surface area contributed by atoms with Crippen molar-refractivity contribution in [2.75, 3.05) is 38.9 Å². The molecule has 0 aliphatic carbocycles. The van der Waals surface area contributed by atoms with E-state index in [0.717, 1.165) is 29.8 Å². The van der Waals surface area contributed by atoms with Crippen LogP contribution >= 0.6 is 0 Å². The number of amides is 1. The number of aryl methyl sites for hydroxylation is 1. The zero-order chi connectivity index (χ0) is 20.6. The fourth-order valence-electron chi connectivity index (χ4n) is 3.23. The quantitative estimate of drug-likeness (QED) is 0.636. The zero-order valence-corrected chi connectivity index (χ0v) is 16.7. The van der Waals surface area contributed by atoms with Crippen molar-refractivity contribution in [1.82, 2.24) is 0 Å². The van der Waals surface area contributed by atoms with E-state index in [-0.39, 0.29) is 25.5 Å². The molecule has 2 aromatic rings. The lowest BCUT2D eigenvalue weighted by atomic mass is 10.0. The minimum atomic E-state index is -0.486. The molecule has 0 unspecified atom stereocenters. The van der Waals surface area contributed by atoms with Crippen molar-refractivity contribution in [3.05, 3.63) is 48.0 Å². The second-order valence-electron chi connectivity index (χ2n) is 6.55. The number of nitrogens with zero attached hydrogens (tertiary/aromatic N) is 1. The maximum atomic E-state index is 12.6. The number of benzene rings is 2. The smallest absolute Gasteiger partial charge is 0.309 e. The van der Waals surface area contributed by atoms with Crippen molar-refractivity contribution in [2.45, 2.75) is 19.3 Å². The Bertz CT molecular complexity index is 866. The highest BCUT2D eigenvalue weighted by molar-refractivity contribution is 5.96. The van der Waals surface area contributed by atoms with Crippen LogP contribution in [0.25, 0.3) is 0 Å². The second kappa shape index (κ2) is 9.82. The maximum Gasteiger partial charge on any atom is 0.309 e. The fourth-order valence-corrected chi connectivity index (χ4v) is 3.23. The van der Waals surface area contributed by atoms with E-state index in [1.165, 1.54) is 0 Å². The van der Waals surface area contributed by atoms with Gasteiger partial charge in [0.1, 0.15) is 5.75 Å². The molecule has 0 saturated carbocycles. The van der Waals surface area contributed by atoms with Gasteiger partial charge in [0.15, 0.2) is 18.1 Å². The van der Waals surface area contributed by atoms with Gasteiger partial charge in [-0.15, -0.1) is 0 Å². The molecule has 29 heavy (non-hydrogen) atoms. The summed E-state index contributed by atoms with van der Waals surface area (Å²) in [6, 6.07) is 12.8. The van der Waals surface area contributed by atoms with E-state index in [4.69, 9.17) is 18.9 Å². The van der Waals surface area contributed by atoms with E-state index in [1.807, 2.05) is 30.3 Å². The van der Waals surface area contributed by atoms with E-state index in [0.29, 0.717) is 18.0 Å². The lowest BCUT2D eigenvalue weighted by Gasteiger charge is -2.29. The van der Waals surface area contributed by atoms with E-state index in [1.54, 1.807) is 31.3 Å². The first-order chi connectivity index (χ1) is 14.1. The van der Waals surface area contributed by atoms with Crippen LogP contribution < -0.4 is 19.1 Å². The molecule has 0 spiro atoms. The molecule has 0 radical (unpaired) electrons. The summed E-state index contributed by atoms with van der Waals surface area (Å²) in [6.07, 6.45) is 1.78. The molecule has 0 atom stereocenters. The van der Waals surface area contributed by atoms with E-state index >= 15 is 0 Å². The van der Waals surface area contributed by atoms with Crippen LogP contribution in [0.3, 0.4) is 0 Å². The Morgan fingerprint density at radius 2 is 1.83 bits per heavy atom. The van der Waals surface area contributed by atoms with Gasteiger partial charge in [0, 0.05) is 12.2 Å². The Morgan fingerprint density at radius 3 is 2.59 bits per heavy atom. The van der Waals surface area contributed by atoms with Gasteiger partial charge in [0.25, 0.3) is 5.91 Å². The van der Waals surface area contributed by atoms with Crippen LogP contribution in [0, 0.1) is 0 Å². The molecule has 1 aliphatic heterocycles. The molecule has 1 heterocycles. The third kappa shape index (κ3) is 5.19. The first-order valence-electron chi connectivity index (χ1n) is 9.51. The zero-order valence-electron chi connectivity index (χ0n) is 16.7. The molecule has 0 bridgehead atoms. The number of carbonyl (C=O) groups is 2. The molecule has 0 N–H and O–H groups in total. The van der Waals surface area contributed by atoms with Gasteiger partial charge < -0.3 is 23.8 Å². The van der Waals surface area contributed by atoms with Gasteiger partial charge in [-0.1, -0.05) is 12.1 Å². The Kier molecular flexibility index (Phi) is 6.94. The van der Waals surface area contributed by atoms with Gasteiger partial charge in [-0.25, -0.2) is 0 Å². The topological polar surface area (TPSA) is 74.3 Å². The SMILES string of the molecule is COc1ccc2c(c1)CCCN2C(=O)COC(=O)CCOc1ccccc1OC. The molecule has 154 valence electrons. The molecule has 0 saturated heterocycles. The number of hydrogen-bond donors (Lipinski definition) is 0. The third-order valence-electron chi connectivity index (χ3n) is 4.70. The van der Waals surface area contributed by atoms with Crippen LogP contribution in [0.4, 0.5) is 5.69 Å². The fraction of sp³-hybridized carbons (Fsp3) is 0.364. The first kappa shape index (κ1) is 20.5. The molecule has 1 amide bonds. The van der Waals surface area contributed by atoms with Gasteiger partial charge >= 0.3 is 5.97 Å². The normalized spacial score (nSPS) is 12.7. The van der Waals surface area contributed by atoms with Gasteiger partial charge in [-0.05, 0) is 48.7 Å². The summed E-state index contributed by atoms with van der Waals surface area (Å²) in [5.41, 5.74) is 1.90. The average Bonchev–Trinajstić information content (AvgIpc) is 2.76. The summed E-state index contributed by atoms with van der Waals surface area (Å²) in [6.45, 7) is 0.450. The highest BCUT2D eigenvalue weighted by Gasteiger charge is 2.23. The van der Waals surface area contributed by atoms with Crippen LogP contribution in [-0.2, 0) is 20.7 Å². The number of rotatable bonds is 8. The highest BCUT2D eigenvalue weighted by Crippen LogP contribution is 2.30. The number of carbonyl (C=O) groups excluding carboxylic acids is 2. The molecule has 1 aliphatic rings. The number of esters is 1. The van der Waals surface area contributed by atoms with Crippen LogP contribution in [0.15, 0.2) is 42.5 Å². The van der Waals surface area contributed by atoms with Gasteiger partial charge in [-0.2, -0.15) is 0 Å². The van der Waals surface area contributed by atoms with Crippen molar-refractivity contribution in [1.29, 1.82) is 0 Å². The molecule has 7 nitrogen and oxygen atoms in total. The van der Waals surface area contributed by atoms with Gasteiger partial charge in [-0.3, -0.25) is 9.59 Å². The van der Waals surface area contributed by atoms with Crippen molar-refractivity contribution < 1.29 is 28.5 Å². The van der Waals surface area contributed by atoms with Gasteiger partial charge in [0.2, 0.25) is 0 Å². The number of ether oxygens (including phenoxy) is 4. The summed E-state index contributed by atoms with van der Waals surface area (Å²) in [5, 5.41) is 0. The first-order valence-corrected chi connectivity index (χ1v) is 9.51. The number of para-hydroxylation sites is 2. The second-order valence-corrected chi connectivity index (χ2v) is 6.55. The van der Waals surface area contributed by atoms with Gasteiger partial charge in [0.05, 0.1) is 27.2 Å². The Hall–Kier alpha value is -3.22. The predicted octanol–water partition coefficient (Wildman–Crippen LogP) is 3.00. The molecule has 0 aromatic heterocycles. The van der Waals surface area contributed by atoms with Crippen LogP contribution in [0.5, 0.6) is 17.2 Å². The monoisotopic (exact) mass is 399 g/mol. The Morgan fingerprint density at radius 1 is 1.03 bits per heavy atom. The van der Waals surface area contributed by atoms with E-state index in [2.05, 4.69) is 0 Å². The Labute approximate surface area is 170 Å². The maximum absolute atomic E-state index is 12.6. The summed E-state index contributed by atoms with van der Waals surface area (Å²) in [4.78, 5) is 26.2. The number of fused-ring (bicyclic) bond motifs is 1. The number of anilines is 1. The molecule has 2 aromatic carbocycles. The van der Waals surface area contributed by atoms with Crippen LogP contribution in [0.1, 0.15) is 18.4 Å². The van der Waals surface area contributed by atoms with Crippen LogP contribution in [0.2, 0.25) is 0 Å². The largest absolute Gasteiger partial charge is 0.497 e. The Balaban J connectivity index is 1.48. The highest BCUT2D eigenvalue weighted by atomic mass is 16.5. The summed E-state index contributed by atoms with van der Waals surface area (Å²) >= 11 is 0. The summed E-state index contributed by atoms with van der Waals surface area (Å²) in [5.74, 6) is 1.19. The molecule has 0 fully saturated rings. The molecule has 7 heteroatoms. The van der Waals surface area contributed by atoms with Crippen molar-refractivity contribution >= 4 is 17.6 Å². The standard InChI is InChI=1S/C22H25NO6/c1-26-17-9-10-18-16(14-17)6-5-12-23(18)21(24)15-29-22(25)11-13-28-20-8-4-3-7-19(20)27-2/h3-4,7-10,14H,5-6,11-13,15H2,1-2H3. The summed E-state index contributed by atoms with van der Waals surface area (Å²) in [7, 11) is 3.17. The molecular formula is C22H25NO6. The lowest BCUT2D eigenvalue weighted by Crippen LogP contribution is -2.38. The third-order valence-corrected chi connectivity index (χ3v) is 4.70. The van der Waals surface area contributed by atoms with E-state index < -0.39 is 5.97 Å². The minimum absolute atomic E-state index is 0.0408. The average molecular weight is 399 g/mol. The van der Waals surface area contributed by atoms with E-state index in [9.17, 15) is 9.59 Å². The van der Waals surface area contributed by atoms with Crippen molar-refractivity contribution in [2.24, 2.45) is 0 Å². The predicted molar refractivity (Wildman–Crippen MR) is 108 cm³/mol. The van der Waals surface area contributed by atoms with Crippen molar-refractivity contribution in [3.63, 3.8) is 0 Å². The number of methoxy groups -OCH3 is 2. The number of hydrogen-bond acceptors (Lipinski definition) is 6. The molecular weight excluding hydrogens is 374 g/mol.